The topological polar surface area (TPSA) is 24.1 Å². The molecule has 2 heteroatoms. The molecule has 0 aliphatic carbocycles. The smallest absolute Gasteiger partial charge is 0.00199 e. The third kappa shape index (κ3) is 5.87. The standard InChI is InChI=1S/C15H32N2/c1-4-15(9-7-11-17-13-15)12-16-10-6-5-8-14(2)3/h14,16-17H,4-13H2,1-3H3. The lowest BCUT2D eigenvalue weighted by atomic mass is 9.78. The molecule has 1 atom stereocenters. The van der Waals surface area contributed by atoms with E-state index >= 15 is 0 Å². The average molecular weight is 240 g/mol. The highest BCUT2D eigenvalue weighted by Gasteiger charge is 2.29. The van der Waals surface area contributed by atoms with Gasteiger partial charge in [0, 0.05) is 13.1 Å². The average Bonchev–Trinajstić information content (AvgIpc) is 2.34. The van der Waals surface area contributed by atoms with Gasteiger partial charge in [-0.1, -0.05) is 33.6 Å². The quantitative estimate of drug-likeness (QED) is 0.637. The van der Waals surface area contributed by atoms with Gasteiger partial charge in [0.25, 0.3) is 0 Å². The molecule has 1 saturated heterocycles. The lowest BCUT2D eigenvalue weighted by Crippen LogP contribution is -2.46. The summed E-state index contributed by atoms with van der Waals surface area (Å²) in [5.41, 5.74) is 0.538. The Balaban J connectivity index is 2.07. The van der Waals surface area contributed by atoms with Crippen LogP contribution in [0.3, 0.4) is 0 Å². The van der Waals surface area contributed by atoms with Gasteiger partial charge in [-0.25, -0.2) is 0 Å². The van der Waals surface area contributed by atoms with Crippen LogP contribution in [0, 0.1) is 11.3 Å². The lowest BCUT2D eigenvalue weighted by molar-refractivity contribution is 0.192. The van der Waals surface area contributed by atoms with Gasteiger partial charge in [0.1, 0.15) is 0 Å². The molecule has 0 bridgehead atoms. The van der Waals surface area contributed by atoms with Crippen molar-refractivity contribution in [1.29, 1.82) is 0 Å². The SMILES string of the molecule is CCC1(CNCCCCC(C)C)CCCNC1. The van der Waals surface area contributed by atoms with E-state index in [1.807, 2.05) is 0 Å². The fourth-order valence-electron chi connectivity index (χ4n) is 2.76. The Labute approximate surface area is 108 Å². The van der Waals surface area contributed by atoms with E-state index in [2.05, 4.69) is 31.4 Å². The largest absolute Gasteiger partial charge is 0.316 e. The van der Waals surface area contributed by atoms with E-state index in [0.717, 1.165) is 5.92 Å². The van der Waals surface area contributed by atoms with Gasteiger partial charge in [-0.15, -0.1) is 0 Å². The van der Waals surface area contributed by atoms with E-state index in [4.69, 9.17) is 0 Å². The second kappa shape index (κ2) is 8.10. The van der Waals surface area contributed by atoms with Crippen LogP contribution in [0.4, 0.5) is 0 Å². The van der Waals surface area contributed by atoms with Crippen LogP contribution >= 0.6 is 0 Å². The van der Waals surface area contributed by atoms with Crippen molar-refractivity contribution in [3.8, 4) is 0 Å². The van der Waals surface area contributed by atoms with Gasteiger partial charge < -0.3 is 10.6 Å². The number of rotatable bonds is 8. The third-order valence-electron chi connectivity index (χ3n) is 4.20. The van der Waals surface area contributed by atoms with Gasteiger partial charge in [0.15, 0.2) is 0 Å². The van der Waals surface area contributed by atoms with Crippen LogP contribution in [0.15, 0.2) is 0 Å². The fraction of sp³-hybridized carbons (Fsp3) is 1.00. The molecule has 1 unspecified atom stereocenters. The summed E-state index contributed by atoms with van der Waals surface area (Å²) < 4.78 is 0. The van der Waals surface area contributed by atoms with E-state index in [-0.39, 0.29) is 0 Å². The molecule has 1 aliphatic heterocycles. The Kier molecular flexibility index (Phi) is 7.14. The first-order valence-corrected chi connectivity index (χ1v) is 7.60. The molecule has 0 aromatic heterocycles. The molecule has 17 heavy (non-hydrogen) atoms. The van der Waals surface area contributed by atoms with E-state index in [9.17, 15) is 0 Å². The van der Waals surface area contributed by atoms with Crippen molar-refractivity contribution in [2.24, 2.45) is 11.3 Å². The first-order chi connectivity index (χ1) is 8.18. The summed E-state index contributed by atoms with van der Waals surface area (Å²) in [6, 6.07) is 0. The molecule has 0 saturated carbocycles. The molecule has 1 heterocycles. The zero-order chi connectivity index (χ0) is 12.6. The normalized spacial score (nSPS) is 25.4. The van der Waals surface area contributed by atoms with Gasteiger partial charge in [-0.2, -0.15) is 0 Å². The highest BCUT2D eigenvalue weighted by atomic mass is 14.9. The van der Waals surface area contributed by atoms with Gasteiger partial charge in [-0.3, -0.25) is 0 Å². The van der Waals surface area contributed by atoms with E-state index in [1.54, 1.807) is 0 Å². The molecule has 0 aromatic rings. The van der Waals surface area contributed by atoms with Crippen LogP contribution < -0.4 is 10.6 Å². The molecule has 102 valence electrons. The Morgan fingerprint density at radius 1 is 1.29 bits per heavy atom. The minimum atomic E-state index is 0.538. The number of hydrogen-bond donors (Lipinski definition) is 2. The molecule has 1 rings (SSSR count). The predicted molar refractivity (Wildman–Crippen MR) is 76.4 cm³/mol. The molecular formula is C15H32N2. The van der Waals surface area contributed by atoms with Crippen LogP contribution in [-0.2, 0) is 0 Å². The first kappa shape index (κ1) is 15.0. The summed E-state index contributed by atoms with van der Waals surface area (Å²) in [6.07, 6.45) is 8.15. The molecule has 0 radical (unpaired) electrons. The molecule has 0 amide bonds. The summed E-state index contributed by atoms with van der Waals surface area (Å²) in [6.45, 7) is 11.8. The summed E-state index contributed by atoms with van der Waals surface area (Å²) >= 11 is 0. The second-order valence-electron chi connectivity index (χ2n) is 6.20. The Morgan fingerprint density at radius 3 is 2.71 bits per heavy atom. The molecular weight excluding hydrogens is 208 g/mol. The molecule has 2 N–H and O–H groups in total. The number of unbranched alkanes of at least 4 members (excludes halogenated alkanes) is 1. The van der Waals surface area contributed by atoms with Crippen molar-refractivity contribution in [2.45, 2.75) is 59.3 Å². The first-order valence-electron chi connectivity index (χ1n) is 7.60. The second-order valence-corrected chi connectivity index (χ2v) is 6.20. The van der Waals surface area contributed by atoms with Crippen LogP contribution in [-0.4, -0.2) is 26.2 Å². The van der Waals surface area contributed by atoms with Gasteiger partial charge >= 0.3 is 0 Å². The maximum Gasteiger partial charge on any atom is 0.00199 e. The maximum absolute atomic E-state index is 3.68. The van der Waals surface area contributed by atoms with Crippen molar-refractivity contribution in [2.75, 3.05) is 26.2 Å². The Bertz CT molecular complexity index is 183. The van der Waals surface area contributed by atoms with Gasteiger partial charge in [0.2, 0.25) is 0 Å². The van der Waals surface area contributed by atoms with Crippen molar-refractivity contribution >= 4 is 0 Å². The zero-order valence-corrected chi connectivity index (χ0v) is 12.1. The third-order valence-corrected chi connectivity index (χ3v) is 4.20. The zero-order valence-electron chi connectivity index (χ0n) is 12.1. The van der Waals surface area contributed by atoms with Crippen LogP contribution in [0.1, 0.15) is 59.3 Å². The summed E-state index contributed by atoms with van der Waals surface area (Å²) in [5, 5.41) is 7.23. The van der Waals surface area contributed by atoms with Gasteiger partial charge in [-0.05, 0) is 50.1 Å². The predicted octanol–water partition coefficient (Wildman–Crippen LogP) is 3.18. The number of hydrogen-bond acceptors (Lipinski definition) is 2. The van der Waals surface area contributed by atoms with Gasteiger partial charge in [0.05, 0.1) is 0 Å². The molecule has 0 spiro atoms. The summed E-state index contributed by atoms with van der Waals surface area (Å²) in [4.78, 5) is 0. The van der Waals surface area contributed by atoms with Crippen LogP contribution in [0.25, 0.3) is 0 Å². The van der Waals surface area contributed by atoms with Crippen molar-refractivity contribution in [3.05, 3.63) is 0 Å². The van der Waals surface area contributed by atoms with E-state index in [1.165, 1.54) is 64.7 Å². The molecule has 1 aliphatic rings. The minimum Gasteiger partial charge on any atom is -0.316 e. The van der Waals surface area contributed by atoms with Crippen LogP contribution in [0.2, 0.25) is 0 Å². The Hall–Kier alpha value is -0.0800. The molecule has 0 aromatic carbocycles. The minimum absolute atomic E-state index is 0.538. The maximum atomic E-state index is 3.68. The monoisotopic (exact) mass is 240 g/mol. The molecule has 2 nitrogen and oxygen atoms in total. The lowest BCUT2D eigenvalue weighted by Gasteiger charge is -2.37. The molecule has 1 fully saturated rings. The summed E-state index contributed by atoms with van der Waals surface area (Å²) in [7, 11) is 0. The Morgan fingerprint density at radius 2 is 2.12 bits per heavy atom. The van der Waals surface area contributed by atoms with E-state index in [0.29, 0.717) is 5.41 Å². The highest BCUT2D eigenvalue weighted by Crippen LogP contribution is 2.28. The fourth-order valence-corrected chi connectivity index (χ4v) is 2.76. The van der Waals surface area contributed by atoms with Crippen molar-refractivity contribution in [1.82, 2.24) is 10.6 Å². The summed E-state index contributed by atoms with van der Waals surface area (Å²) in [5.74, 6) is 0.861. The van der Waals surface area contributed by atoms with Crippen molar-refractivity contribution in [3.63, 3.8) is 0 Å². The number of nitrogens with one attached hydrogen (secondary N) is 2. The highest BCUT2D eigenvalue weighted by molar-refractivity contribution is 4.86. The number of piperidine rings is 1. The van der Waals surface area contributed by atoms with E-state index < -0.39 is 0 Å². The van der Waals surface area contributed by atoms with Crippen molar-refractivity contribution < 1.29 is 0 Å². The van der Waals surface area contributed by atoms with Crippen LogP contribution in [0.5, 0.6) is 0 Å².